The van der Waals surface area contributed by atoms with Gasteiger partial charge < -0.3 is 24.8 Å². The number of carbonyl (C=O) groups is 3. The maximum Gasteiger partial charge on any atom is 0.407 e. The number of unbranched alkanes of at least 4 members (excludes halogenated alkanes) is 1. The number of likely N-dealkylation sites (tertiary alicyclic amines) is 1. The van der Waals surface area contributed by atoms with E-state index in [1.807, 2.05) is 0 Å². The second-order valence-electron chi connectivity index (χ2n) is 7.43. The molecule has 0 bridgehead atoms. The number of amides is 2. The van der Waals surface area contributed by atoms with Gasteiger partial charge in [-0.3, -0.25) is 4.79 Å². The molecule has 1 fully saturated rings. The molecule has 0 aliphatic carbocycles. The lowest BCUT2D eigenvalue weighted by Crippen LogP contribution is -2.57. The molecular formula is C18H30N2O6. The Kier molecular flexibility index (Phi) is 8.08. The van der Waals surface area contributed by atoms with Crippen LogP contribution in [0, 0.1) is 5.41 Å². The Morgan fingerprint density at radius 1 is 1.38 bits per heavy atom. The number of ether oxygens (including phenoxy) is 2. The molecule has 0 radical (unpaired) electrons. The molecule has 0 saturated carbocycles. The van der Waals surface area contributed by atoms with Gasteiger partial charge >= 0.3 is 12.1 Å². The lowest BCUT2D eigenvalue weighted by molar-refractivity contribution is -0.152. The second-order valence-corrected chi connectivity index (χ2v) is 7.43. The predicted molar refractivity (Wildman–Crippen MR) is 95.3 cm³/mol. The first kappa shape index (κ1) is 22.0. The molecule has 1 aliphatic rings. The minimum absolute atomic E-state index is 0.0151. The number of aliphatic hydroxyl groups is 1. The van der Waals surface area contributed by atoms with E-state index in [9.17, 15) is 19.5 Å². The fourth-order valence-corrected chi connectivity index (χ4v) is 2.78. The number of aliphatic hydroxyl groups excluding tert-OH is 1. The summed E-state index contributed by atoms with van der Waals surface area (Å²) in [5.41, 5.74) is -0.620. The second kappa shape index (κ2) is 9.56. The van der Waals surface area contributed by atoms with Gasteiger partial charge in [-0.25, -0.2) is 9.59 Å². The monoisotopic (exact) mass is 370 g/mol. The largest absolute Gasteiger partial charge is 0.467 e. The fourth-order valence-electron chi connectivity index (χ4n) is 2.78. The summed E-state index contributed by atoms with van der Waals surface area (Å²) in [5.74, 6) is -1.04. The van der Waals surface area contributed by atoms with E-state index in [2.05, 4.69) is 11.9 Å². The molecular weight excluding hydrogens is 340 g/mol. The van der Waals surface area contributed by atoms with Crippen molar-refractivity contribution in [3.05, 3.63) is 12.7 Å². The molecule has 2 N–H and O–H groups in total. The minimum atomic E-state index is -0.910. The molecule has 0 aromatic rings. The molecule has 0 unspecified atom stereocenters. The Bertz CT molecular complexity index is 528. The number of alkyl carbamates (subject to hydrolysis) is 1. The zero-order valence-corrected chi connectivity index (χ0v) is 16.0. The van der Waals surface area contributed by atoms with Crippen LogP contribution in [0.3, 0.4) is 0 Å². The number of hydrogen-bond acceptors (Lipinski definition) is 6. The van der Waals surface area contributed by atoms with Crippen LogP contribution in [-0.2, 0) is 19.1 Å². The first-order valence-electron chi connectivity index (χ1n) is 8.72. The Hall–Kier alpha value is -2.09. The summed E-state index contributed by atoms with van der Waals surface area (Å²) in [6.45, 7) is 9.23. The van der Waals surface area contributed by atoms with Crippen LogP contribution in [0.4, 0.5) is 4.79 Å². The van der Waals surface area contributed by atoms with E-state index >= 15 is 0 Å². The van der Waals surface area contributed by atoms with Gasteiger partial charge in [0.2, 0.25) is 5.91 Å². The van der Waals surface area contributed by atoms with Crippen LogP contribution in [0.1, 0.15) is 40.0 Å². The van der Waals surface area contributed by atoms with Crippen molar-refractivity contribution in [3.8, 4) is 0 Å². The number of allylic oxidation sites excluding steroid dienone is 1. The van der Waals surface area contributed by atoms with E-state index in [-0.39, 0.29) is 19.6 Å². The Morgan fingerprint density at radius 3 is 2.58 bits per heavy atom. The molecule has 0 aromatic heterocycles. The average molecular weight is 370 g/mol. The molecule has 2 amide bonds. The summed E-state index contributed by atoms with van der Waals surface area (Å²) in [5, 5.41) is 12.5. The Balaban J connectivity index is 2.84. The van der Waals surface area contributed by atoms with Gasteiger partial charge in [-0.1, -0.05) is 26.8 Å². The van der Waals surface area contributed by atoms with Crippen LogP contribution in [-0.4, -0.2) is 66.4 Å². The zero-order chi connectivity index (χ0) is 19.9. The molecule has 8 nitrogen and oxygen atoms in total. The van der Waals surface area contributed by atoms with E-state index in [0.29, 0.717) is 6.42 Å². The molecule has 0 spiro atoms. The third-order valence-electron chi connectivity index (χ3n) is 4.20. The van der Waals surface area contributed by atoms with Crippen molar-refractivity contribution in [1.29, 1.82) is 0 Å². The van der Waals surface area contributed by atoms with E-state index in [1.165, 1.54) is 12.0 Å². The number of esters is 1. The topological polar surface area (TPSA) is 105 Å². The highest BCUT2D eigenvalue weighted by atomic mass is 16.5. The highest BCUT2D eigenvalue weighted by Gasteiger charge is 2.45. The van der Waals surface area contributed by atoms with Crippen molar-refractivity contribution in [2.24, 2.45) is 5.41 Å². The van der Waals surface area contributed by atoms with Crippen LogP contribution in [0.25, 0.3) is 0 Å². The summed E-state index contributed by atoms with van der Waals surface area (Å²) in [6, 6.07) is -1.77. The summed E-state index contributed by atoms with van der Waals surface area (Å²) in [6.07, 6.45) is 1.70. The first-order chi connectivity index (χ1) is 12.1. The summed E-state index contributed by atoms with van der Waals surface area (Å²) < 4.78 is 9.81. The smallest absolute Gasteiger partial charge is 0.407 e. The maximum atomic E-state index is 13.0. The lowest BCUT2D eigenvalue weighted by atomic mass is 9.85. The highest BCUT2D eigenvalue weighted by Crippen LogP contribution is 2.26. The van der Waals surface area contributed by atoms with Crippen molar-refractivity contribution < 1.29 is 29.0 Å². The van der Waals surface area contributed by atoms with Gasteiger partial charge in [-0.2, -0.15) is 0 Å². The van der Waals surface area contributed by atoms with E-state index in [4.69, 9.17) is 9.47 Å². The van der Waals surface area contributed by atoms with E-state index in [0.717, 1.165) is 6.42 Å². The van der Waals surface area contributed by atoms with Gasteiger partial charge in [0.25, 0.3) is 0 Å². The van der Waals surface area contributed by atoms with E-state index < -0.39 is 41.6 Å². The SMILES string of the molecule is C=CCCCOC(=O)N[C@H](C(=O)N1C[C@H](O)C[C@H]1C(=O)OC)C(C)(C)C. The van der Waals surface area contributed by atoms with Crippen LogP contribution in [0.2, 0.25) is 0 Å². The minimum Gasteiger partial charge on any atom is -0.467 e. The quantitative estimate of drug-likeness (QED) is 0.397. The fraction of sp³-hybridized carbons (Fsp3) is 0.722. The van der Waals surface area contributed by atoms with Crippen molar-refractivity contribution in [1.82, 2.24) is 10.2 Å². The van der Waals surface area contributed by atoms with Gasteiger partial charge in [0.05, 0.1) is 19.8 Å². The Morgan fingerprint density at radius 2 is 2.04 bits per heavy atom. The summed E-state index contributed by atoms with van der Waals surface area (Å²) in [4.78, 5) is 38.2. The zero-order valence-electron chi connectivity index (χ0n) is 16.0. The number of rotatable bonds is 7. The van der Waals surface area contributed by atoms with Gasteiger partial charge in [-0.15, -0.1) is 6.58 Å². The molecule has 148 valence electrons. The van der Waals surface area contributed by atoms with Crippen LogP contribution in [0.15, 0.2) is 12.7 Å². The summed E-state index contributed by atoms with van der Waals surface area (Å²) in [7, 11) is 1.23. The lowest BCUT2D eigenvalue weighted by Gasteiger charge is -2.34. The number of hydrogen-bond donors (Lipinski definition) is 2. The first-order valence-corrected chi connectivity index (χ1v) is 8.72. The van der Waals surface area contributed by atoms with Crippen LogP contribution < -0.4 is 5.32 Å². The van der Waals surface area contributed by atoms with Crippen LogP contribution >= 0.6 is 0 Å². The molecule has 1 rings (SSSR count). The van der Waals surface area contributed by atoms with Crippen molar-refractivity contribution in [2.45, 2.75) is 58.2 Å². The summed E-state index contributed by atoms with van der Waals surface area (Å²) >= 11 is 0. The molecule has 1 aliphatic heterocycles. The van der Waals surface area contributed by atoms with Gasteiger partial charge in [-0.05, 0) is 18.3 Å². The van der Waals surface area contributed by atoms with Gasteiger partial charge in [0.15, 0.2) is 0 Å². The standard InChI is InChI=1S/C18H30N2O6/c1-6-7-8-9-26-17(24)19-14(18(2,3)4)15(22)20-11-12(21)10-13(20)16(23)25-5/h6,12-14,21H,1,7-11H2,2-5H3,(H,19,24)/t12-,13+,14-/m1/s1. The molecule has 26 heavy (non-hydrogen) atoms. The number of carbonyl (C=O) groups excluding carboxylic acids is 3. The van der Waals surface area contributed by atoms with Crippen molar-refractivity contribution >= 4 is 18.0 Å². The third-order valence-corrected chi connectivity index (χ3v) is 4.20. The molecule has 8 heteroatoms. The molecule has 3 atom stereocenters. The van der Waals surface area contributed by atoms with Gasteiger partial charge in [0.1, 0.15) is 12.1 Å². The number of nitrogens with one attached hydrogen (secondary N) is 1. The molecule has 1 saturated heterocycles. The molecule has 0 aromatic carbocycles. The number of methoxy groups -OCH3 is 1. The van der Waals surface area contributed by atoms with Crippen LogP contribution in [0.5, 0.6) is 0 Å². The third kappa shape index (κ3) is 6.01. The Labute approximate surface area is 154 Å². The number of β-amino-alcohol motifs (C(OH)–C–C–N with tert-alkyl or cyclic N) is 1. The maximum absolute atomic E-state index is 13.0. The predicted octanol–water partition coefficient (Wildman–Crippen LogP) is 1.23. The average Bonchev–Trinajstić information content (AvgIpc) is 2.96. The van der Waals surface area contributed by atoms with Gasteiger partial charge in [0, 0.05) is 13.0 Å². The number of nitrogens with zero attached hydrogens (tertiary/aromatic N) is 1. The normalized spacial score (nSPS) is 21.0. The van der Waals surface area contributed by atoms with Crippen molar-refractivity contribution in [3.63, 3.8) is 0 Å². The highest BCUT2D eigenvalue weighted by molar-refractivity contribution is 5.90. The molecule has 1 heterocycles. The van der Waals surface area contributed by atoms with E-state index in [1.54, 1.807) is 26.8 Å². The van der Waals surface area contributed by atoms with Crippen molar-refractivity contribution in [2.75, 3.05) is 20.3 Å².